The molecule has 0 unspecified atom stereocenters. The molecule has 9 heteroatoms. The quantitative estimate of drug-likeness (QED) is 0.597. The molecule has 0 radical (unpaired) electrons. The summed E-state index contributed by atoms with van der Waals surface area (Å²) in [6.07, 6.45) is 1.09. The Kier molecular flexibility index (Phi) is 6.42. The number of hydrogen-bond donors (Lipinski definition) is 1. The maximum absolute atomic E-state index is 12.6. The molecule has 3 rings (SSSR count). The zero-order chi connectivity index (χ0) is 21.9. The summed E-state index contributed by atoms with van der Waals surface area (Å²) in [6, 6.07) is 14.5. The molecule has 0 atom stereocenters. The number of thiazole rings is 1. The van der Waals surface area contributed by atoms with E-state index in [-0.39, 0.29) is 6.54 Å². The number of nitrogens with zero attached hydrogens (tertiary/aromatic N) is 2. The number of para-hydroxylation sites is 1. The van der Waals surface area contributed by atoms with Crippen LogP contribution in [0.25, 0.3) is 11.3 Å². The van der Waals surface area contributed by atoms with Crippen LogP contribution in [0.1, 0.15) is 10.4 Å². The number of nitrogens with one attached hydrogen (secondary N) is 1. The molecule has 0 spiro atoms. The number of anilines is 2. The van der Waals surface area contributed by atoms with Crippen LogP contribution in [-0.2, 0) is 14.8 Å². The molecule has 1 N–H and O–H groups in total. The van der Waals surface area contributed by atoms with Crippen molar-refractivity contribution in [2.45, 2.75) is 13.8 Å². The lowest BCUT2D eigenvalue weighted by atomic mass is 10.1. The fourth-order valence-electron chi connectivity index (χ4n) is 2.98. The summed E-state index contributed by atoms with van der Waals surface area (Å²) >= 11 is 1.34. The number of rotatable bonds is 7. The molecule has 0 aliphatic carbocycles. The minimum atomic E-state index is -3.64. The predicted octanol–water partition coefficient (Wildman–Crippen LogP) is 3.84. The van der Waals surface area contributed by atoms with Crippen LogP contribution in [-0.4, -0.2) is 39.2 Å². The Hall–Kier alpha value is -2.91. The van der Waals surface area contributed by atoms with E-state index in [0.29, 0.717) is 10.8 Å². The van der Waals surface area contributed by atoms with Gasteiger partial charge in [0, 0.05) is 10.4 Å². The lowest BCUT2D eigenvalue weighted by Crippen LogP contribution is -2.37. The first-order valence-electron chi connectivity index (χ1n) is 9.14. The predicted molar refractivity (Wildman–Crippen MR) is 121 cm³/mol. The van der Waals surface area contributed by atoms with Crippen molar-refractivity contribution in [3.05, 3.63) is 59.0 Å². The van der Waals surface area contributed by atoms with Gasteiger partial charge in [-0.3, -0.25) is 9.10 Å². The van der Waals surface area contributed by atoms with Crippen LogP contribution in [0.5, 0.6) is 5.75 Å². The summed E-state index contributed by atoms with van der Waals surface area (Å²) in [7, 11) is -2.03. The van der Waals surface area contributed by atoms with Crippen molar-refractivity contribution in [2.75, 3.05) is 29.5 Å². The second kappa shape index (κ2) is 8.85. The molecule has 158 valence electrons. The number of carbonyl (C=O) groups excluding carboxylic acids is 1. The van der Waals surface area contributed by atoms with Gasteiger partial charge in [-0.05, 0) is 49.7 Å². The fraction of sp³-hybridized carbons (Fsp3) is 0.238. The lowest BCUT2D eigenvalue weighted by Gasteiger charge is -2.23. The highest BCUT2D eigenvalue weighted by molar-refractivity contribution is 7.92. The molecule has 0 fully saturated rings. The molecule has 0 aliphatic rings. The highest BCUT2D eigenvalue weighted by Crippen LogP contribution is 2.31. The Balaban J connectivity index is 1.79. The first kappa shape index (κ1) is 21.8. The first-order chi connectivity index (χ1) is 14.2. The van der Waals surface area contributed by atoms with Gasteiger partial charge in [-0.2, -0.15) is 0 Å². The summed E-state index contributed by atoms with van der Waals surface area (Å²) < 4.78 is 30.9. The fourth-order valence-corrected chi connectivity index (χ4v) is 4.75. The average molecular weight is 446 g/mol. The summed E-state index contributed by atoms with van der Waals surface area (Å²) in [4.78, 5) is 18.1. The van der Waals surface area contributed by atoms with Gasteiger partial charge in [0.05, 0.1) is 24.7 Å². The largest absolute Gasteiger partial charge is 0.497 e. The van der Waals surface area contributed by atoms with E-state index in [1.807, 2.05) is 37.3 Å². The summed E-state index contributed by atoms with van der Waals surface area (Å²) in [5, 5.41) is 3.14. The average Bonchev–Trinajstić information content (AvgIpc) is 3.06. The molecule has 0 bridgehead atoms. The van der Waals surface area contributed by atoms with Crippen LogP contribution in [0, 0.1) is 13.8 Å². The van der Waals surface area contributed by atoms with Crippen molar-refractivity contribution in [2.24, 2.45) is 0 Å². The van der Waals surface area contributed by atoms with E-state index < -0.39 is 15.9 Å². The normalized spacial score (nSPS) is 11.2. The third-order valence-electron chi connectivity index (χ3n) is 4.48. The van der Waals surface area contributed by atoms with Crippen LogP contribution < -0.4 is 14.4 Å². The summed E-state index contributed by atoms with van der Waals surface area (Å²) in [5.41, 5.74) is 2.91. The second-order valence-electron chi connectivity index (χ2n) is 6.76. The van der Waals surface area contributed by atoms with Gasteiger partial charge in [-0.15, -0.1) is 11.3 Å². The number of ether oxygens (including phenoxy) is 1. The number of benzene rings is 2. The number of carbonyl (C=O) groups is 1. The third-order valence-corrected chi connectivity index (χ3v) is 6.49. The Labute approximate surface area is 180 Å². The molecular formula is C21H23N3O4S2. The van der Waals surface area contributed by atoms with E-state index in [2.05, 4.69) is 10.3 Å². The van der Waals surface area contributed by atoms with Crippen molar-refractivity contribution in [3.63, 3.8) is 0 Å². The van der Waals surface area contributed by atoms with E-state index >= 15 is 0 Å². The molecule has 1 aromatic heterocycles. The van der Waals surface area contributed by atoms with Gasteiger partial charge in [-0.1, -0.05) is 18.2 Å². The third kappa shape index (κ3) is 4.98. The summed E-state index contributed by atoms with van der Waals surface area (Å²) in [6.45, 7) is 3.39. The van der Waals surface area contributed by atoms with E-state index in [0.717, 1.165) is 38.0 Å². The number of aromatic nitrogens is 1. The Morgan fingerprint density at radius 2 is 1.80 bits per heavy atom. The van der Waals surface area contributed by atoms with Crippen LogP contribution in [0.15, 0.2) is 48.5 Å². The molecule has 0 aliphatic heterocycles. The number of hydrogen-bond acceptors (Lipinski definition) is 6. The number of amides is 1. The van der Waals surface area contributed by atoms with Crippen LogP contribution >= 0.6 is 11.3 Å². The van der Waals surface area contributed by atoms with Crippen molar-refractivity contribution in [3.8, 4) is 17.0 Å². The van der Waals surface area contributed by atoms with Gasteiger partial charge in [-0.25, -0.2) is 13.4 Å². The van der Waals surface area contributed by atoms with Gasteiger partial charge in [0.25, 0.3) is 0 Å². The maximum Gasteiger partial charge on any atom is 0.246 e. The monoisotopic (exact) mass is 445 g/mol. The Morgan fingerprint density at radius 3 is 2.40 bits per heavy atom. The first-order valence-corrected chi connectivity index (χ1v) is 11.8. The molecule has 3 aromatic rings. The molecule has 1 heterocycles. The number of sulfonamides is 1. The molecule has 7 nitrogen and oxygen atoms in total. The van der Waals surface area contributed by atoms with E-state index in [1.165, 1.54) is 11.3 Å². The van der Waals surface area contributed by atoms with Gasteiger partial charge in [0.2, 0.25) is 15.9 Å². The van der Waals surface area contributed by atoms with Crippen molar-refractivity contribution in [1.29, 1.82) is 0 Å². The van der Waals surface area contributed by atoms with Gasteiger partial charge in [0.15, 0.2) is 5.13 Å². The number of methoxy groups -OCH3 is 1. The zero-order valence-electron chi connectivity index (χ0n) is 17.2. The molecule has 0 saturated heterocycles. The minimum absolute atomic E-state index is 0.333. The van der Waals surface area contributed by atoms with Crippen LogP contribution in [0.2, 0.25) is 0 Å². The van der Waals surface area contributed by atoms with Crippen LogP contribution in [0.4, 0.5) is 10.8 Å². The van der Waals surface area contributed by atoms with E-state index in [4.69, 9.17) is 4.74 Å². The van der Waals surface area contributed by atoms with Crippen molar-refractivity contribution >= 4 is 38.1 Å². The molecule has 2 aromatic carbocycles. The minimum Gasteiger partial charge on any atom is -0.497 e. The second-order valence-corrected chi connectivity index (χ2v) is 9.87. The maximum atomic E-state index is 12.6. The van der Waals surface area contributed by atoms with Gasteiger partial charge >= 0.3 is 0 Å². The Morgan fingerprint density at radius 1 is 1.13 bits per heavy atom. The van der Waals surface area contributed by atoms with Crippen molar-refractivity contribution in [1.82, 2.24) is 4.98 Å². The Bertz CT molecular complexity index is 1160. The van der Waals surface area contributed by atoms with E-state index in [9.17, 15) is 13.2 Å². The zero-order valence-corrected chi connectivity index (χ0v) is 18.8. The lowest BCUT2D eigenvalue weighted by molar-refractivity contribution is -0.114. The highest BCUT2D eigenvalue weighted by atomic mass is 32.2. The topological polar surface area (TPSA) is 88.6 Å². The SMILES string of the molecule is COc1ccc(-c2nc(NC(=O)CN(c3ccccc3C)S(C)(=O)=O)sc2C)cc1. The van der Waals surface area contributed by atoms with Crippen LogP contribution in [0.3, 0.4) is 0 Å². The van der Waals surface area contributed by atoms with Gasteiger partial charge in [0.1, 0.15) is 12.3 Å². The molecular weight excluding hydrogens is 422 g/mol. The standard InChI is InChI=1S/C21H23N3O4S2/c1-14-7-5-6-8-18(14)24(30(4,26)27)13-19(25)22-21-23-20(15(2)29-21)16-9-11-17(28-3)12-10-16/h5-12H,13H2,1-4H3,(H,22,23,25). The molecule has 0 saturated carbocycles. The molecule has 1 amide bonds. The molecule has 30 heavy (non-hydrogen) atoms. The number of aryl methyl sites for hydroxylation is 2. The summed E-state index contributed by atoms with van der Waals surface area (Å²) in [5.74, 6) is 0.288. The van der Waals surface area contributed by atoms with Crippen molar-refractivity contribution < 1.29 is 17.9 Å². The van der Waals surface area contributed by atoms with Gasteiger partial charge < -0.3 is 10.1 Å². The van der Waals surface area contributed by atoms with E-state index in [1.54, 1.807) is 32.2 Å². The highest BCUT2D eigenvalue weighted by Gasteiger charge is 2.23. The smallest absolute Gasteiger partial charge is 0.246 e.